The molecule has 106 valence electrons. The third-order valence-corrected chi connectivity index (χ3v) is 4.37. The zero-order valence-corrected chi connectivity index (χ0v) is 12.1. The molecule has 0 bridgehead atoms. The monoisotopic (exact) mass is 320 g/mol. The number of sulfone groups is 1. The van der Waals surface area contributed by atoms with Crippen molar-refractivity contribution in [3.05, 3.63) is 59.0 Å². The topological polar surface area (TPSA) is 95.7 Å². The fourth-order valence-corrected chi connectivity index (χ4v) is 2.63. The minimum Gasteiger partial charge on any atom is -0.343 e. The van der Waals surface area contributed by atoms with E-state index >= 15 is 0 Å². The summed E-state index contributed by atoms with van der Waals surface area (Å²) in [6.45, 7) is 0. The van der Waals surface area contributed by atoms with Crippen molar-refractivity contribution in [1.29, 1.82) is 5.26 Å². The number of benzene rings is 1. The normalized spacial score (nSPS) is 11.7. The third kappa shape index (κ3) is 3.56. The first-order chi connectivity index (χ1) is 10.0. The number of nitrogens with one attached hydrogen (secondary N) is 1. The zero-order valence-electron chi connectivity index (χ0n) is 10.6. The number of hydrogen-bond donors (Lipinski definition) is 1. The van der Waals surface area contributed by atoms with Gasteiger partial charge in [-0.2, -0.15) is 5.26 Å². The maximum Gasteiger partial charge on any atom is 0.218 e. The summed E-state index contributed by atoms with van der Waals surface area (Å²) in [5.41, 5.74) is 0. The van der Waals surface area contributed by atoms with Crippen LogP contribution in [-0.4, -0.2) is 18.4 Å². The lowest BCUT2D eigenvalue weighted by Gasteiger charge is -2.04. The molecule has 0 aliphatic rings. The van der Waals surface area contributed by atoms with E-state index in [0.717, 1.165) is 6.20 Å². The number of allylic oxidation sites excluding steroid dienone is 1. The first-order valence-electron chi connectivity index (χ1n) is 5.67. The van der Waals surface area contributed by atoms with Crippen molar-refractivity contribution in [1.82, 2.24) is 9.97 Å². The lowest BCUT2D eigenvalue weighted by molar-refractivity contribution is 0.603. The average Bonchev–Trinajstić information content (AvgIpc) is 2.49. The first kappa shape index (κ1) is 15.0. The third-order valence-electron chi connectivity index (χ3n) is 2.44. The fourth-order valence-electron chi connectivity index (χ4n) is 1.42. The Morgan fingerprint density at radius 2 is 2.00 bits per heavy atom. The minimum absolute atomic E-state index is 0.0133. The molecule has 1 aromatic heterocycles. The Morgan fingerprint density at radius 1 is 1.29 bits per heavy atom. The van der Waals surface area contributed by atoms with Gasteiger partial charge in [0.05, 0.1) is 11.1 Å². The molecular weight excluding hydrogens is 312 g/mol. The maximum absolute atomic E-state index is 12.3. The highest BCUT2D eigenvalue weighted by molar-refractivity contribution is 7.95. The van der Waals surface area contributed by atoms with Crippen LogP contribution in [0.15, 0.2) is 58.9 Å². The predicted octanol–water partition coefficient (Wildman–Crippen LogP) is 2.38. The van der Waals surface area contributed by atoms with Crippen molar-refractivity contribution in [3.63, 3.8) is 0 Å². The predicted molar refractivity (Wildman–Crippen MR) is 78.0 cm³/mol. The van der Waals surface area contributed by atoms with Gasteiger partial charge in [-0.25, -0.2) is 13.4 Å². The van der Waals surface area contributed by atoms with Crippen molar-refractivity contribution in [3.8, 4) is 6.07 Å². The lowest BCUT2D eigenvalue weighted by atomic mass is 10.4. The van der Waals surface area contributed by atoms with Gasteiger partial charge in [-0.1, -0.05) is 11.6 Å². The van der Waals surface area contributed by atoms with E-state index in [9.17, 15) is 8.42 Å². The molecule has 0 fully saturated rings. The Balaban J connectivity index is 2.32. The second-order valence-electron chi connectivity index (χ2n) is 3.81. The highest BCUT2D eigenvalue weighted by Gasteiger charge is 2.20. The van der Waals surface area contributed by atoms with E-state index in [-0.39, 0.29) is 4.90 Å². The maximum atomic E-state index is 12.3. The number of rotatable bonds is 4. The van der Waals surface area contributed by atoms with Crippen LogP contribution in [0.2, 0.25) is 5.02 Å². The summed E-state index contributed by atoms with van der Waals surface area (Å²) in [7, 11) is -3.91. The van der Waals surface area contributed by atoms with E-state index in [1.54, 1.807) is 6.07 Å². The van der Waals surface area contributed by atoms with Crippen molar-refractivity contribution >= 4 is 27.3 Å². The summed E-state index contributed by atoms with van der Waals surface area (Å²) in [6, 6.07) is 7.22. The van der Waals surface area contributed by atoms with Crippen molar-refractivity contribution in [2.45, 2.75) is 4.90 Å². The zero-order chi connectivity index (χ0) is 15.3. The molecule has 0 amide bonds. The fraction of sp³-hybridized carbons (Fsp3) is 0. The van der Waals surface area contributed by atoms with Gasteiger partial charge in [0.1, 0.15) is 11.9 Å². The highest BCUT2D eigenvalue weighted by Crippen LogP contribution is 2.20. The van der Waals surface area contributed by atoms with E-state index in [1.807, 2.05) is 0 Å². The highest BCUT2D eigenvalue weighted by atomic mass is 35.5. The van der Waals surface area contributed by atoms with E-state index < -0.39 is 14.7 Å². The van der Waals surface area contributed by atoms with Crippen LogP contribution < -0.4 is 5.32 Å². The molecule has 0 spiro atoms. The largest absolute Gasteiger partial charge is 0.343 e. The number of hydrogen-bond acceptors (Lipinski definition) is 6. The molecule has 21 heavy (non-hydrogen) atoms. The smallest absolute Gasteiger partial charge is 0.218 e. The summed E-state index contributed by atoms with van der Waals surface area (Å²) >= 11 is 5.71. The molecule has 1 N–H and O–H groups in total. The molecule has 0 saturated heterocycles. The quantitative estimate of drug-likeness (QED) is 0.869. The van der Waals surface area contributed by atoms with Crippen molar-refractivity contribution in [2.24, 2.45) is 0 Å². The van der Waals surface area contributed by atoms with Crippen LogP contribution in [0.25, 0.3) is 0 Å². The second kappa shape index (κ2) is 6.35. The van der Waals surface area contributed by atoms with Crippen molar-refractivity contribution in [2.75, 3.05) is 5.32 Å². The Hall–Kier alpha value is -2.43. The second-order valence-corrected chi connectivity index (χ2v) is 6.17. The van der Waals surface area contributed by atoms with Gasteiger partial charge in [0.2, 0.25) is 9.84 Å². The molecule has 2 rings (SSSR count). The Morgan fingerprint density at radius 3 is 2.57 bits per heavy atom. The van der Waals surface area contributed by atoms with Crippen molar-refractivity contribution < 1.29 is 8.42 Å². The molecule has 6 nitrogen and oxygen atoms in total. The standard InChI is InChI=1S/C13H9ClN4O2S/c14-10-1-3-11(4-2-10)21(19,20)12(7-15)8-18-13-9-16-5-6-17-13/h1-6,8-9H,(H,17,18)/b12-8+. The van der Waals surface area contributed by atoms with Crippen LogP contribution in [0.1, 0.15) is 0 Å². The SMILES string of the molecule is N#C/C(=C\Nc1cnccn1)S(=O)(=O)c1ccc(Cl)cc1. The van der Waals surface area contributed by atoms with Gasteiger partial charge < -0.3 is 5.32 Å². The molecule has 0 aliphatic heterocycles. The van der Waals surface area contributed by atoms with E-state index in [1.165, 1.54) is 42.9 Å². The molecule has 2 aromatic rings. The van der Waals surface area contributed by atoms with E-state index in [0.29, 0.717) is 10.8 Å². The Kier molecular flexibility index (Phi) is 4.52. The summed E-state index contributed by atoms with van der Waals surface area (Å²) in [6.07, 6.45) is 5.40. The summed E-state index contributed by atoms with van der Waals surface area (Å²) in [5, 5.41) is 12.1. The molecule has 8 heteroatoms. The number of nitriles is 1. The average molecular weight is 321 g/mol. The van der Waals surface area contributed by atoms with Crippen LogP contribution in [0, 0.1) is 11.3 Å². The van der Waals surface area contributed by atoms with Gasteiger partial charge >= 0.3 is 0 Å². The Bertz CT molecular complexity index is 796. The van der Waals surface area contributed by atoms with Gasteiger partial charge in [-0.3, -0.25) is 4.98 Å². The number of halogens is 1. The molecule has 0 aliphatic carbocycles. The lowest BCUT2D eigenvalue weighted by Crippen LogP contribution is -2.06. The van der Waals surface area contributed by atoms with Gasteiger partial charge in [-0.15, -0.1) is 0 Å². The van der Waals surface area contributed by atoms with Crippen LogP contribution in [0.4, 0.5) is 5.82 Å². The molecule has 0 saturated carbocycles. The molecule has 0 atom stereocenters. The van der Waals surface area contributed by atoms with Gasteiger partial charge in [0.25, 0.3) is 0 Å². The molecule has 1 heterocycles. The van der Waals surface area contributed by atoms with Crippen LogP contribution in [0.3, 0.4) is 0 Å². The number of aromatic nitrogens is 2. The van der Waals surface area contributed by atoms with Crippen LogP contribution >= 0.6 is 11.6 Å². The minimum atomic E-state index is -3.91. The van der Waals surface area contributed by atoms with Gasteiger partial charge in [0, 0.05) is 23.6 Å². The van der Waals surface area contributed by atoms with E-state index in [2.05, 4.69) is 15.3 Å². The summed E-state index contributed by atoms with van der Waals surface area (Å²) in [5.74, 6) is 0.330. The molecule has 1 aromatic carbocycles. The molecule has 0 radical (unpaired) electrons. The van der Waals surface area contributed by atoms with E-state index in [4.69, 9.17) is 16.9 Å². The molecule has 0 unspecified atom stereocenters. The number of nitrogens with zero attached hydrogens (tertiary/aromatic N) is 3. The van der Waals surface area contributed by atoms with Gasteiger partial charge in [0.15, 0.2) is 4.91 Å². The van der Waals surface area contributed by atoms with Crippen LogP contribution in [-0.2, 0) is 9.84 Å². The summed E-state index contributed by atoms with van der Waals surface area (Å²) in [4.78, 5) is 7.28. The van der Waals surface area contributed by atoms with Crippen LogP contribution in [0.5, 0.6) is 0 Å². The first-order valence-corrected chi connectivity index (χ1v) is 7.53. The molecular formula is C13H9ClN4O2S. The van der Waals surface area contributed by atoms with Gasteiger partial charge in [-0.05, 0) is 24.3 Å². The number of anilines is 1. The Labute approximate surface area is 126 Å². The summed E-state index contributed by atoms with van der Waals surface area (Å²) < 4.78 is 24.6.